The Morgan fingerprint density at radius 2 is 2.27 bits per heavy atom. The highest BCUT2D eigenvalue weighted by atomic mass is 16.1. The van der Waals surface area contributed by atoms with E-state index in [1.807, 2.05) is 0 Å². The molecule has 0 N–H and O–H groups in total. The van der Waals surface area contributed by atoms with Gasteiger partial charge in [-0.3, -0.25) is 4.79 Å². The van der Waals surface area contributed by atoms with Crippen LogP contribution in [0.4, 0.5) is 0 Å². The van der Waals surface area contributed by atoms with Gasteiger partial charge in [0.05, 0.1) is 0 Å². The van der Waals surface area contributed by atoms with E-state index in [9.17, 15) is 4.79 Å². The van der Waals surface area contributed by atoms with Crippen LogP contribution in [0.1, 0.15) is 25.7 Å². The van der Waals surface area contributed by atoms with Gasteiger partial charge in [0, 0.05) is 6.42 Å². The number of rotatable bonds is 0. The minimum Gasteiger partial charge on any atom is -0.295 e. The van der Waals surface area contributed by atoms with Gasteiger partial charge in [0.25, 0.3) is 0 Å². The Bertz CT molecular complexity index is 237. The highest BCUT2D eigenvalue weighted by Crippen LogP contribution is 2.41. The zero-order valence-corrected chi connectivity index (χ0v) is 6.55. The molecular formula is C10H12O. The molecule has 1 spiro atoms. The SMILES string of the molecule is O=C1C=CC2(CC=CCC2)C1. The molecule has 1 atom stereocenters. The summed E-state index contributed by atoms with van der Waals surface area (Å²) in [6.07, 6.45) is 12.4. The van der Waals surface area contributed by atoms with E-state index < -0.39 is 0 Å². The molecule has 0 aromatic heterocycles. The van der Waals surface area contributed by atoms with Gasteiger partial charge in [-0.25, -0.2) is 0 Å². The predicted octanol–water partition coefficient (Wildman–Crippen LogP) is 2.24. The summed E-state index contributed by atoms with van der Waals surface area (Å²) >= 11 is 0. The molecule has 2 rings (SSSR count). The Balaban J connectivity index is 2.18. The van der Waals surface area contributed by atoms with E-state index in [1.54, 1.807) is 6.08 Å². The molecule has 0 saturated heterocycles. The molecule has 0 aromatic carbocycles. The van der Waals surface area contributed by atoms with E-state index in [2.05, 4.69) is 18.2 Å². The van der Waals surface area contributed by atoms with Crippen molar-refractivity contribution in [1.82, 2.24) is 0 Å². The van der Waals surface area contributed by atoms with Gasteiger partial charge in [-0.1, -0.05) is 18.2 Å². The first-order valence-corrected chi connectivity index (χ1v) is 4.18. The molecule has 0 aliphatic heterocycles. The Morgan fingerprint density at radius 3 is 2.82 bits per heavy atom. The Labute approximate surface area is 66.8 Å². The third kappa shape index (κ3) is 1.15. The zero-order chi connectivity index (χ0) is 7.73. The van der Waals surface area contributed by atoms with E-state index in [-0.39, 0.29) is 5.41 Å². The monoisotopic (exact) mass is 148 g/mol. The lowest BCUT2D eigenvalue weighted by atomic mass is 9.77. The maximum Gasteiger partial charge on any atom is 0.156 e. The van der Waals surface area contributed by atoms with Crippen molar-refractivity contribution in [3.05, 3.63) is 24.3 Å². The normalized spacial score (nSPS) is 35.5. The maximum absolute atomic E-state index is 11.0. The highest BCUT2D eigenvalue weighted by molar-refractivity contribution is 5.93. The van der Waals surface area contributed by atoms with Crippen LogP contribution in [0.15, 0.2) is 24.3 Å². The van der Waals surface area contributed by atoms with Crippen LogP contribution in [0.3, 0.4) is 0 Å². The fourth-order valence-corrected chi connectivity index (χ4v) is 1.96. The lowest BCUT2D eigenvalue weighted by Crippen LogP contribution is -2.17. The van der Waals surface area contributed by atoms with E-state index >= 15 is 0 Å². The Morgan fingerprint density at radius 1 is 1.36 bits per heavy atom. The minimum absolute atomic E-state index is 0.228. The number of allylic oxidation sites excluding steroid dienone is 4. The fraction of sp³-hybridized carbons (Fsp3) is 0.500. The summed E-state index contributed by atoms with van der Waals surface area (Å²) in [4.78, 5) is 11.0. The van der Waals surface area contributed by atoms with E-state index in [4.69, 9.17) is 0 Å². The van der Waals surface area contributed by atoms with Gasteiger partial charge in [0.1, 0.15) is 0 Å². The molecule has 0 amide bonds. The third-order valence-corrected chi connectivity index (χ3v) is 2.65. The van der Waals surface area contributed by atoms with E-state index in [0.717, 1.165) is 25.7 Å². The summed E-state index contributed by atoms with van der Waals surface area (Å²) in [6, 6.07) is 0. The lowest BCUT2D eigenvalue weighted by Gasteiger charge is -2.27. The third-order valence-electron chi connectivity index (χ3n) is 2.65. The molecule has 2 aliphatic carbocycles. The second-order valence-electron chi connectivity index (χ2n) is 3.55. The highest BCUT2D eigenvalue weighted by Gasteiger charge is 2.33. The first kappa shape index (κ1) is 6.84. The summed E-state index contributed by atoms with van der Waals surface area (Å²) in [6.45, 7) is 0. The summed E-state index contributed by atoms with van der Waals surface area (Å²) in [5.41, 5.74) is 0.228. The molecule has 0 bridgehead atoms. The second kappa shape index (κ2) is 2.33. The molecule has 0 aromatic rings. The summed E-state index contributed by atoms with van der Waals surface area (Å²) in [5.74, 6) is 0.306. The van der Waals surface area contributed by atoms with Crippen molar-refractivity contribution in [3.63, 3.8) is 0 Å². The van der Waals surface area contributed by atoms with Crippen molar-refractivity contribution in [1.29, 1.82) is 0 Å². The molecule has 1 nitrogen and oxygen atoms in total. The van der Waals surface area contributed by atoms with Crippen molar-refractivity contribution in [3.8, 4) is 0 Å². The average Bonchev–Trinajstić information content (AvgIpc) is 2.34. The summed E-state index contributed by atoms with van der Waals surface area (Å²) in [5, 5.41) is 0. The number of carbonyl (C=O) groups is 1. The standard InChI is InChI=1S/C10H12O/c11-9-4-7-10(8-9)5-2-1-3-6-10/h1-2,4,7H,3,5-6,8H2. The van der Waals surface area contributed by atoms with Crippen LogP contribution in [0.2, 0.25) is 0 Å². The molecule has 2 aliphatic rings. The van der Waals surface area contributed by atoms with Crippen LogP contribution in [-0.2, 0) is 4.79 Å². The molecule has 11 heavy (non-hydrogen) atoms. The molecule has 0 radical (unpaired) electrons. The fourth-order valence-electron chi connectivity index (χ4n) is 1.96. The summed E-state index contributed by atoms with van der Waals surface area (Å²) in [7, 11) is 0. The van der Waals surface area contributed by atoms with Gasteiger partial charge in [-0.05, 0) is 30.8 Å². The van der Waals surface area contributed by atoms with Crippen molar-refractivity contribution in [2.75, 3.05) is 0 Å². The minimum atomic E-state index is 0.228. The second-order valence-corrected chi connectivity index (χ2v) is 3.55. The van der Waals surface area contributed by atoms with Crippen molar-refractivity contribution in [2.24, 2.45) is 5.41 Å². The van der Waals surface area contributed by atoms with Gasteiger partial charge in [0.2, 0.25) is 0 Å². The van der Waals surface area contributed by atoms with E-state index in [1.165, 1.54) is 0 Å². The van der Waals surface area contributed by atoms with Gasteiger partial charge < -0.3 is 0 Å². The molecule has 1 heteroatoms. The van der Waals surface area contributed by atoms with Gasteiger partial charge >= 0.3 is 0 Å². The molecule has 1 unspecified atom stereocenters. The molecule has 0 heterocycles. The first-order valence-electron chi connectivity index (χ1n) is 4.18. The van der Waals surface area contributed by atoms with Crippen LogP contribution in [0.25, 0.3) is 0 Å². The van der Waals surface area contributed by atoms with Crippen LogP contribution < -0.4 is 0 Å². The largest absolute Gasteiger partial charge is 0.295 e. The lowest BCUT2D eigenvalue weighted by molar-refractivity contribution is -0.115. The number of hydrogen-bond donors (Lipinski definition) is 0. The van der Waals surface area contributed by atoms with E-state index in [0.29, 0.717) is 5.78 Å². The van der Waals surface area contributed by atoms with Crippen LogP contribution in [0, 0.1) is 5.41 Å². The van der Waals surface area contributed by atoms with Crippen LogP contribution >= 0.6 is 0 Å². The number of ketones is 1. The average molecular weight is 148 g/mol. The molecular weight excluding hydrogens is 136 g/mol. The Hall–Kier alpha value is -0.850. The summed E-state index contributed by atoms with van der Waals surface area (Å²) < 4.78 is 0. The topological polar surface area (TPSA) is 17.1 Å². The zero-order valence-electron chi connectivity index (χ0n) is 6.55. The van der Waals surface area contributed by atoms with Crippen molar-refractivity contribution >= 4 is 5.78 Å². The van der Waals surface area contributed by atoms with Crippen LogP contribution in [0.5, 0.6) is 0 Å². The van der Waals surface area contributed by atoms with Crippen molar-refractivity contribution in [2.45, 2.75) is 25.7 Å². The predicted molar refractivity (Wildman–Crippen MR) is 44.2 cm³/mol. The number of hydrogen-bond acceptors (Lipinski definition) is 1. The Kier molecular flexibility index (Phi) is 1.45. The smallest absolute Gasteiger partial charge is 0.156 e. The van der Waals surface area contributed by atoms with Gasteiger partial charge in [0.15, 0.2) is 5.78 Å². The quantitative estimate of drug-likeness (QED) is 0.481. The van der Waals surface area contributed by atoms with Gasteiger partial charge in [-0.15, -0.1) is 0 Å². The number of carbonyl (C=O) groups excluding carboxylic acids is 1. The van der Waals surface area contributed by atoms with Crippen LogP contribution in [-0.4, -0.2) is 5.78 Å². The maximum atomic E-state index is 11.0. The molecule has 58 valence electrons. The van der Waals surface area contributed by atoms with Gasteiger partial charge in [-0.2, -0.15) is 0 Å². The molecule has 0 fully saturated rings. The molecule has 0 saturated carbocycles. The van der Waals surface area contributed by atoms with Crippen molar-refractivity contribution < 1.29 is 4.79 Å². The first-order chi connectivity index (χ1) is 5.31.